The van der Waals surface area contributed by atoms with E-state index < -0.39 is 0 Å². The molecule has 1 aromatic heterocycles. The second kappa shape index (κ2) is 13.4. The first-order valence-electron chi connectivity index (χ1n) is 9.40. The van der Waals surface area contributed by atoms with Crippen molar-refractivity contribution in [2.45, 2.75) is 58.9 Å². The smallest absolute Gasteiger partial charge is 0.104 e. The molecule has 0 spiro atoms. The molecule has 0 radical (unpaired) electrons. The van der Waals surface area contributed by atoms with Crippen LogP contribution >= 0.6 is 24.0 Å². The number of hydrogen-bond donors (Lipinski definition) is 1. The molecule has 5 heteroatoms. The van der Waals surface area contributed by atoms with Crippen LogP contribution in [0.1, 0.15) is 51.1 Å². The number of rotatable bonds is 10. The maximum Gasteiger partial charge on any atom is 0.104 e. The molecule has 2 heterocycles. The van der Waals surface area contributed by atoms with Crippen LogP contribution in [0.25, 0.3) is 0 Å². The number of hydrogen-bond acceptors (Lipinski definition) is 4. The molecule has 1 N–H and O–H groups in total. The lowest BCUT2D eigenvalue weighted by molar-refractivity contribution is 0.296. The van der Waals surface area contributed by atoms with E-state index in [1.807, 2.05) is 38.6 Å². The Morgan fingerprint density at radius 2 is 2.16 bits per heavy atom. The zero-order valence-electron chi connectivity index (χ0n) is 15.9. The maximum absolute atomic E-state index is 8.81. The molecule has 0 saturated carbocycles. The minimum absolute atomic E-state index is 0.287. The van der Waals surface area contributed by atoms with Crippen LogP contribution in [0.2, 0.25) is 0 Å². The average molecular weight is 384 g/mol. The van der Waals surface area contributed by atoms with Crippen molar-refractivity contribution in [3.63, 3.8) is 0 Å². The van der Waals surface area contributed by atoms with Crippen LogP contribution in [0.15, 0.2) is 28.7 Å². The third-order valence-corrected chi connectivity index (χ3v) is 5.50. The quantitative estimate of drug-likeness (QED) is 0.349. The molecule has 0 aliphatic carbocycles. The molecule has 142 valence electrons. The summed E-state index contributed by atoms with van der Waals surface area (Å²) in [6.07, 6.45) is 9.59. The number of allylic oxidation sites excluding steroid dienone is 1. The predicted octanol–water partition coefficient (Wildman–Crippen LogP) is 5.01. The number of thiocarbonyl (C=S) groups is 1. The molecule has 0 amide bonds. The summed E-state index contributed by atoms with van der Waals surface area (Å²) in [7, 11) is 0. The number of aliphatic hydroxyl groups is 1. The minimum atomic E-state index is 0.287. The molecule has 1 aliphatic rings. The highest BCUT2D eigenvalue weighted by Crippen LogP contribution is 2.22. The minimum Gasteiger partial charge on any atom is -0.466 e. The number of nitrogens with zero attached hydrogens (tertiary/aromatic N) is 1. The molecule has 0 bridgehead atoms. The van der Waals surface area contributed by atoms with Crippen molar-refractivity contribution in [1.82, 2.24) is 4.90 Å². The van der Waals surface area contributed by atoms with Gasteiger partial charge in [-0.1, -0.05) is 38.2 Å². The number of likely N-dealkylation sites (tertiary alicyclic amines) is 1. The number of furan rings is 1. The summed E-state index contributed by atoms with van der Waals surface area (Å²) in [5, 5.41) is 8.81. The maximum atomic E-state index is 8.81. The molecule has 0 aromatic carbocycles. The van der Waals surface area contributed by atoms with E-state index in [4.69, 9.17) is 21.7 Å². The predicted molar refractivity (Wildman–Crippen MR) is 114 cm³/mol. The van der Waals surface area contributed by atoms with Crippen molar-refractivity contribution in [2.24, 2.45) is 0 Å². The fourth-order valence-corrected chi connectivity index (χ4v) is 3.98. The summed E-state index contributed by atoms with van der Waals surface area (Å²) < 4.78 is 5.59. The van der Waals surface area contributed by atoms with Gasteiger partial charge in [0.25, 0.3) is 0 Å². The molecule has 1 atom stereocenters. The summed E-state index contributed by atoms with van der Waals surface area (Å²) in [4.78, 5) is 3.47. The lowest BCUT2D eigenvalue weighted by Gasteiger charge is -2.24. The molecule has 1 saturated heterocycles. The van der Waals surface area contributed by atoms with E-state index in [0.29, 0.717) is 6.04 Å². The zero-order valence-corrected chi connectivity index (χ0v) is 17.5. The third kappa shape index (κ3) is 8.43. The standard InChI is InChI=1S/C18H27NO2S2.C2H6/c1-15-7-9-17(21-15)6-3-2-5-16-8-10-18(22)19(16)11-14-23-13-4-12-20;1-2/h2,5,7,9,16,20H,3-4,6,8,10-14H2,1H3;1-2H3/b5-2+;. The van der Waals surface area contributed by atoms with Crippen molar-refractivity contribution >= 4 is 29.0 Å². The van der Waals surface area contributed by atoms with Gasteiger partial charge in [-0.05, 0) is 44.1 Å². The van der Waals surface area contributed by atoms with E-state index in [-0.39, 0.29) is 6.61 Å². The van der Waals surface area contributed by atoms with Crippen LogP contribution in [-0.4, -0.2) is 45.7 Å². The summed E-state index contributed by atoms with van der Waals surface area (Å²) in [6.45, 7) is 7.28. The van der Waals surface area contributed by atoms with Crippen molar-refractivity contribution in [2.75, 3.05) is 24.7 Å². The molecule has 1 fully saturated rings. The zero-order chi connectivity index (χ0) is 18.5. The number of thioether (sulfide) groups is 1. The average Bonchev–Trinajstić information content (AvgIpc) is 3.19. The first-order valence-corrected chi connectivity index (χ1v) is 11.0. The molecule has 3 nitrogen and oxygen atoms in total. The van der Waals surface area contributed by atoms with Crippen LogP contribution in [-0.2, 0) is 6.42 Å². The van der Waals surface area contributed by atoms with Gasteiger partial charge in [0.05, 0.1) is 4.99 Å². The van der Waals surface area contributed by atoms with Gasteiger partial charge in [0.2, 0.25) is 0 Å². The van der Waals surface area contributed by atoms with Crippen LogP contribution in [0.4, 0.5) is 0 Å². The van der Waals surface area contributed by atoms with Crippen molar-refractivity contribution in [1.29, 1.82) is 0 Å². The highest BCUT2D eigenvalue weighted by atomic mass is 32.2. The topological polar surface area (TPSA) is 36.6 Å². The number of aryl methyl sites for hydroxylation is 2. The van der Waals surface area contributed by atoms with Gasteiger partial charge in [0.15, 0.2) is 0 Å². The summed E-state index contributed by atoms with van der Waals surface area (Å²) in [5.74, 6) is 4.15. The van der Waals surface area contributed by atoms with Gasteiger partial charge in [-0.25, -0.2) is 0 Å². The van der Waals surface area contributed by atoms with Crippen molar-refractivity contribution in [3.8, 4) is 0 Å². The van der Waals surface area contributed by atoms with Crippen molar-refractivity contribution < 1.29 is 9.52 Å². The van der Waals surface area contributed by atoms with Gasteiger partial charge in [-0.2, -0.15) is 11.8 Å². The first-order chi connectivity index (χ1) is 12.2. The van der Waals surface area contributed by atoms with Gasteiger partial charge in [-0.15, -0.1) is 0 Å². The van der Waals surface area contributed by atoms with Crippen LogP contribution in [0.3, 0.4) is 0 Å². The second-order valence-corrected chi connectivity index (χ2v) is 7.56. The normalized spacial score (nSPS) is 17.2. The monoisotopic (exact) mass is 383 g/mol. The van der Waals surface area contributed by atoms with E-state index in [9.17, 15) is 0 Å². The Balaban J connectivity index is 0.00000151. The van der Waals surface area contributed by atoms with Crippen LogP contribution in [0.5, 0.6) is 0 Å². The van der Waals surface area contributed by atoms with Gasteiger partial charge in [0.1, 0.15) is 11.5 Å². The van der Waals surface area contributed by atoms with Gasteiger partial charge in [0, 0.05) is 37.8 Å². The van der Waals surface area contributed by atoms with Crippen molar-refractivity contribution in [3.05, 3.63) is 35.8 Å². The fraction of sp³-hybridized carbons (Fsp3) is 0.650. The molecule has 1 aliphatic heterocycles. The second-order valence-electron chi connectivity index (χ2n) is 5.86. The molecule has 1 aromatic rings. The Morgan fingerprint density at radius 1 is 1.36 bits per heavy atom. The molecular weight excluding hydrogens is 350 g/mol. The Hall–Kier alpha value is -0.780. The number of aliphatic hydroxyl groups excluding tert-OH is 1. The Kier molecular flexibility index (Phi) is 12.0. The SMILES string of the molecule is CC.Cc1ccc(CC/C=C/C2CCC(=S)N2CCSCCCO)o1. The van der Waals surface area contributed by atoms with Gasteiger partial charge < -0.3 is 14.4 Å². The van der Waals surface area contributed by atoms with Gasteiger partial charge in [-0.3, -0.25) is 0 Å². The van der Waals surface area contributed by atoms with E-state index in [0.717, 1.165) is 66.7 Å². The Morgan fingerprint density at radius 3 is 2.84 bits per heavy atom. The largest absolute Gasteiger partial charge is 0.466 e. The highest BCUT2D eigenvalue weighted by Gasteiger charge is 2.25. The van der Waals surface area contributed by atoms with Gasteiger partial charge >= 0.3 is 0 Å². The third-order valence-electron chi connectivity index (χ3n) is 4.01. The van der Waals surface area contributed by atoms with E-state index in [1.54, 1.807) is 0 Å². The lowest BCUT2D eigenvalue weighted by atomic mass is 10.1. The van der Waals surface area contributed by atoms with Crippen LogP contribution in [0, 0.1) is 6.92 Å². The van der Waals surface area contributed by atoms with E-state index in [2.05, 4.69) is 23.1 Å². The summed E-state index contributed by atoms with van der Waals surface area (Å²) >= 11 is 7.40. The fourth-order valence-electron chi connectivity index (χ4n) is 2.78. The Bertz CT molecular complexity index is 514. The molecule has 1 unspecified atom stereocenters. The molecule has 2 rings (SSSR count). The van der Waals surface area contributed by atoms with E-state index in [1.165, 1.54) is 0 Å². The summed E-state index contributed by atoms with van der Waals surface area (Å²) in [5.41, 5.74) is 0. The highest BCUT2D eigenvalue weighted by molar-refractivity contribution is 7.99. The first kappa shape index (κ1) is 22.3. The summed E-state index contributed by atoms with van der Waals surface area (Å²) in [6, 6.07) is 4.54. The van der Waals surface area contributed by atoms with E-state index >= 15 is 0 Å². The van der Waals surface area contributed by atoms with Crippen LogP contribution < -0.4 is 0 Å². The molecular formula is C20H33NO2S2. The Labute approximate surface area is 162 Å². The molecule has 25 heavy (non-hydrogen) atoms. The lowest BCUT2D eigenvalue weighted by Crippen LogP contribution is -2.32.